The first-order valence-electron chi connectivity index (χ1n) is 7.49. The molecule has 0 bridgehead atoms. The van der Waals surface area contributed by atoms with Gasteiger partial charge in [0.15, 0.2) is 0 Å². The molecule has 1 atom stereocenters. The van der Waals surface area contributed by atoms with E-state index in [-0.39, 0.29) is 0 Å². The van der Waals surface area contributed by atoms with Crippen LogP contribution in [0.2, 0.25) is 0 Å². The number of nitrogens with zero attached hydrogens (tertiary/aromatic N) is 3. The van der Waals surface area contributed by atoms with Crippen molar-refractivity contribution in [2.75, 3.05) is 10.6 Å². The molecule has 9 heteroatoms. The average molecular weight is 346 g/mol. The molecule has 0 saturated carbocycles. The van der Waals surface area contributed by atoms with Crippen molar-refractivity contribution in [3.8, 4) is 0 Å². The molecule has 0 fully saturated rings. The number of halogens is 2. The Morgan fingerprint density at radius 2 is 1.92 bits per heavy atom. The van der Waals surface area contributed by atoms with E-state index in [1.807, 2.05) is 0 Å². The van der Waals surface area contributed by atoms with E-state index in [2.05, 4.69) is 25.8 Å². The number of hydrogen-bond acceptors (Lipinski definition) is 3. The van der Waals surface area contributed by atoms with E-state index < -0.39 is 18.5 Å². The molecule has 7 nitrogen and oxygen atoms in total. The summed E-state index contributed by atoms with van der Waals surface area (Å²) < 4.78 is 28.5. The van der Waals surface area contributed by atoms with E-state index in [9.17, 15) is 13.6 Å². The second kappa shape index (κ2) is 7.12. The van der Waals surface area contributed by atoms with Crippen LogP contribution in [0.3, 0.4) is 0 Å². The second-order valence-electron chi connectivity index (χ2n) is 5.33. The molecular formula is C16H16F2N6O. The average Bonchev–Trinajstić information content (AvgIpc) is 3.21. The molecule has 2 aromatic heterocycles. The highest BCUT2D eigenvalue weighted by atomic mass is 19.3. The molecule has 25 heavy (non-hydrogen) atoms. The van der Waals surface area contributed by atoms with Gasteiger partial charge in [-0.1, -0.05) is 12.1 Å². The molecule has 0 aliphatic carbocycles. The number of nitrogens with one attached hydrogen (secondary N) is 3. The molecule has 3 rings (SSSR count). The van der Waals surface area contributed by atoms with Crippen LogP contribution in [0.25, 0.3) is 0 Å². The van der Waals surface area contributed by atoms with E-state index in [4.69, 9.17) is 0 Å². The summed E-state index contributed by atoms with van der Waals surface area (Å²) >= 11 is 0. The first-order valence-corrected chi connectivity index (χ1v) is 7.49. The van der Waals surface area contributed by atoms with Crippen molar-refractivity contribution in [1.29, 1.82) is 0 Å². The lowest BCUT2D eigenvalue weighted by atomic mass is 10.1. The summed E-state index contributed by atoms with van der Waals surface area (Å²) in [6.45, 7) is 1.67. The highest BCUT2D eigenvalue weighted by molar-refractivity contribution is 5.99. The van der Waals surface area contributed by atoms with Gasteiger partial charge in [-0.25, -0.2) is 18.6 Å². The van der Waals surface area contributed by atoms with Gasteiger partial charge >= 0.3 is 6.03 Å². The number of H-pyrrole nitrogens is 1. The monoisotopic (exact) mass is 346 g/mol. The topological polar surface area (TPSA) is 87.6 Å². The molecule has 2 amide bonds. The summed E-state index contributed by atoms with van der Waals surface area (Å²) in [6, 6.07) is 6.27. The molecule has 130 valence electrons. The van der Waals surface area contributed by atoms with Crippen LogP contribution < -0.4 is 10.6 Å². The van der Waals surface area contributed by atoms with Gasteiger partial charge in [0.05, 0.1) is 6.20 Å². The first-order chi connectivity index (χ1) is 12.0. The van der Waals surface area contributed by atoms with Gasteiger partial charge in [-0.3, -0.25) is 10.4 Å². The predicted molar refractivity (Wildman–Crippen MR) is 88.8 cm³/mol. The Kier molecular flexibility index (Phi) is 4.73. The molecule has 0 aliphatic heterocycles. The molecule has 0 aliphatic rings. The number of hydrogen-bond donors (Lipinski definition) is 3. The molecule has 0 radical (unpaired) electrons. The minimum absolute atomic E-state index is 0.427. The highest BCUT2D eigenvalue weighted by Gasteiger charge is 2.25. The lowest BCUT2D eigenvalue weighted by Gasteiger charge is -2.20. The third-order valence-electron chi connectivity index (χ3n) is 3.66. The van der Waals surface area contributed by atoms with Crippen LogP contribution in [-0.4, -0.2) is 32.2 Å². The number of carbonyl (C=O) groups is 1. The number of alkyl halides is 2. The quantitative estimate of drug-likeness (QED) is 0.661. The Balaban J connectivity index is 1.72. The summed E-state index contributed by atoms with van der Waals surface area (Å²) in [7, 11) is 0. The fourth-order valence-electron chi connectivity index (χ4n) is 2.48. The smallest absolute Gasteiger partial charge is 0.322 e. The second-order valence-corrected chi connectivity index (χ2v) is 5.33. The van der Waals surface area contributed by atoms with Gasteiger partial charge in [0, 0.05) is 24.1 Å². The number of aryl methyl sites for hydroxylation is 1. The summed E-state index contributed by atoms with van der Waals surface area (Å²) in [5, 5.41) is 11.5. The number of urea groups is 1. The number of aromatic nitrogens is 4. The lowest BCUT2D eigenvalue weighted by molar-refractivity contribution is 0.100. The van der Waals surface area contributed by atoms with Crippen molar-refractivity contribution >= 4 is 17.5 Å². The highest BCUT2D eigenvalue weighted by Crippen LogP contribution is 2.27. The van der Waals surface area contributed by atoms with Crippen molar-refractivity contribution in [2.24, 2.45) is 0 Å². The number of amides is 2. The summed E-state index contributed by atoms with van der Waals surface area (Å²) in [6.07, 6.45) is 1.93. The van der Waals surface area contributed by atoms with Crippen LogP contribution in [0.5, 0.6) is 0 Å². The Morgan fingerprint density at radius 1 is 1.16 bits per heavy atom. The van der Waals surface area contributed by atoms with Gasteiger partial charge in [0.1, 0.15) is 17.7 Å². The molecular weight excluding hydrogens is 330 g/mol. The molecule has 1 aromatic carbocycles. The Labute approximate surface area is 142 Å². The van der Waals surface area contributed by atoms with Gasteiger partial charge < -0.3 is 9.88 Å². The number of anilines is 2. The Morgan fingerprint density at radius 3 is 2.48 bits per heavy atom. The van der Waals surface area contributed by atoms with Crippen LogP contribution in [0.4, 0.5) is 25.1 Å². The van der Waals surface area contributed by atoms with E-state index in [1.165, 1.54) is 23.2 Å². The van der Waals surface area contributed by atoms with Crippen LogP contribution >= 0.6 is 0 Å². The van der Waals surface area contributed by atoms with E-state index in [0.29, 0.717) is 22.9 Å². The van der Waals surface area contributed by atoms with Crippen molar-refractivity contribution in [1.82, 2.24) is 19.7 Å². The van der Waals surface area contributed by atoms with Crippen LogP contribution in [-0.2, 0) is 0 Å². The maximum absolute atomic E-state index is 13.5. The summed E-state index contributed by atoms with van der Waals surface area (Å²) in [4.78, 5) is 15.8. The van der Waals surface area contributed by atoms with Gasteiger partial charge in [0.25, 0.3) is 6.43 Å². The van der Waals surface area contributed by atoms with Gasteiger partial charge in [-0.2, -0.15) is 5.10 Å². The van der Waals surface area contributed by atoms with Crippen molar-refractivity contribution < 1.29 is 13.6 Å². The van der Waals surface area contributed by atoms with Crippen LogP contribution in [0, 0.1) is 6.92 Å². The fourth-order valence-corrected chi connectivity index (χ4v) is 2.48. The number of imidazole rings is 1. The van der Waals surface area contributed by atoms with Gasteiger partial charge in [-0.15, -0.1) is 0 Å². The maximum atomic E-state index is 13.5. The molecule has 2 heterocycles. The lowest BCUT2D eigenvalue weighted by Crippen LogP contribution is -2.21. The predicted octanol–water partition coefficient (Wildman–Crippen LogP) is 3.41. The van der Waals surface area contributed by atoms with Gasteiger partial charge in [-0.05, 0) is 24.6 Å². The van der Waals surface area contributed by atoms with Crippen LogP contribution in [0.15, 0.2) is 48.9 Å². The van der Waals surface area contributed by atoms with Crippen molar-refractivity contribution in [2.45, 2.75) is 19.4 Å². The normalized spacial score (nSPS) is 12.2. The summed E-state index contributed by atoms with van der Waals surface area (Å²) in [5.41, 5.74) is 0.909. The zero-order valence-electron chi connectivity index (χ0n) is 13.3. The SMILES string of the molecule is Cc1nccn1[C@H](c1ccc(NC(=O)Nc2ccn[nH]2)cc1)C(F)F. The van der Waals surface area contributed by atoms with Gasteiger partial charge in [0.2, 0.25) is 0 Å². The molecule has 0 saturated heterocycles. The molecule has 3 aromatic rings. The van der Waals surface area contributed by atoms with Crippen molar-refractivity contribution in [3.63, 3.8) is 0 Å². The third-order valence-corrected chi connectivity index (χ3v) is 3.66. The zero-order valence-corrected chi connectivity index (χ0v) is 13.3. The molecule has 0 spiro atoms. The number of carbonyl (C=O) groups excluding carboxylic acids is 1. The maximum Gasteiger partial charge on any atom is 0.324 e. The standard InChI is InChI=1S/C16H16F2N6O/c1-10-19-8-9-24(10)14(15(17)18)11-2-4-12(5-3-11)21-16(25)22-13-6-7-20-23-13/h2-9,14-15H,1H3,(H3,20,21,22,23,25)/t14-/m1/s1. The fraction of sp³-hybridized carbons (Fsp3) is 0.188. The largest absolute Gasteiger partial charge is 0.324 e. The minimum Gasteiger partial charge on any atom is -0.322 e. The number of benzene rings is 1. The van der Waals surface area contributed by atoms with Crippen LogP contribution in [0.1, 0.15) is 17.4 Å². The van der Waals surface area contributed by atoms with E-state index in [0.717, 1.165) is 0 Å². The van der Waals surface area contributed by atoms with E-state index in [1.54, 1.807) is 37.3 Å². The molecule has 0 unspecified atom stereocenters. The Hall–Kier alpha value is -3.23. The van der Waals surface area contributed by atoms with Crippen molar-refractivity contribution in [3.05, 3.63) is 60.3 Å². The number of aromatic amines is 1. The minimum atomic E-state index is -2.59. The number of rotatable bonds is 5. The summed E-state index contributed by atoms with van der Waals surface area (Å²) in [5.74, 6) is 0.953. The third kappa shape index (κ3) is 3.82. The Bertz CT molecular complexity index is 829. The molecule has 3 N–H and O–H groups in total. The first kappa shape index (κ1) is 16.6. The van der Waals surface area contributed by atoms with E-state index >= 15 is 0 Å². The zero-order chi connectivity index (χ0) is 17.8.